The van der Waals surface area contributed by atoms with Gasteiger partial charge in [0, 0.05) is 6.07 Å². The van der Waals surface area contributed by atoms with Crippen LogP contribution in [0.4, 0.5) is 0 Å². The van der Waals surface area contributed by atoms with E-state index < -0.39 is 0 Å². The van der Waals surface area contributed by atoms with Crippen LogP contribution in [-0.2, 0) is 0 Å². The molecule has 0 atom stereocenters. The van der Waals surface area contributed by atoms with Crippen LogP contribution in [0, 0.1) is 0 Å². The summed E-state index contributed by atoms with van der Waals surface area (Å²) >= 11 is 1.55. The topological polar surface area (TPSA) is 70.4 Å². The Kier molecular flexibility index (Phi) is 1.84. The molecular weight excluding hydrogens is 226 g/mol. The molecule has 16 heavy (non-hydrogen) atoms. The van der Waals surface area contributed by atoms with Crippen molar-refractivity contribution in [1.29, 1.82) is 0 Å². The lowest BCUT2D eigenvalue weighted by Gasteiger charge is -1.94. The van der Waals surface area contributed by atoms with Crippen LogP contribution in [0.2, 0.25) is 0 Å². The van der Waals surface area contributed by atoms with Crippen molar-refractivity contribution in [2.45, 2.75) is 0 Å². The molecule has 3 aromatic rings. The van der Waals surface area contributed by atoms with E-state index in [1.807, 2.05) is 17.5 Å². The molecule has 2 N–H and O–H groups in total. The number of fused-ring (bicyclic) bond motifs is 1. The number of rotatable bonds is 1. The standard InChI is InChI=1S/C10H7N3O2S/c14-9-5-10(15)13-8(11-9)4-6(12-13)7-2-1-3-16-7/h1-5,15H,(H,11,14). The second kappa shape index (κ2) is 3.21. The minimum atomic E-state index is -0.345. The van der Waals surface area contributed by atoms with Gasteiger partial charge in [-0.2, -0.15) is 9.61 Å². The van der Waals surface area contributed by atoms with E-state index in [-0.39, 0.29) is 11.4 Å². The number of aromatic hydroxyl groups is 1. The first-order chi connectivity index (χ1) is 7.74. The lowest BCUT2D eigenvalue weighted by molar-refractivity contribution is 0.434. The third-order valence-electron chi connectivity index (χ3n) is 2.21. The van der Waals surface area contributed by atoms with Crippen molar-refractivity contribution in [1.82, 2.24) is 14.6 Å². The van der Waals surface area contributed by atoms with Crippen LogP contribution >= 0.6 is 11.3 Å². The van der Waals surface area contributed by atoms with Gasteiger partial charge >= 0.3 is 0 Å². The summed E-state index contributed by atoms with van der Waals surface area (Å²) in [5.41, 5.74) is 0.864. The average molecular weight is 233 g/mol. The van der Waals surface area contributed by atoms with Gasteiger partial charge in [-0.1, -0.05) is 6.07 Å². The molecule has 0 aliphatic rings. The predicted octanol–water partition coefficient (Wildman–Crippen LogP) is 1.46. The van der Waals surface area contributed by atoms with Gasteiger partial charge in [0.1, 0.15) is 11.3 Å². The maximum Gasteiger partial charge on any atom is 0.254 e. The van der Waals surface area contributed by atoms with Gasteiger partial charge in [-0.3, -0.25) is 4.79 Å². The maximum absolute atomic E-state index is 11.1. The number of nitrogens with zero attached hydrogens (tertiary/aromatic N) is 2. The van der Waals surface area contributed by atoms with E-state index in [2.05, 4.69) is 10.1 Å². The highest BCUT2D eigenvalue weighted by Crippen LogP contribution is 2.24. The number of H-pyrrole nitrogens is 1. The largest absolute Gasteiger partial charge is 0.493 e. The fraction of sp³-hybridized carbons (Fsp3) is 0. The lowest BCUT2D eigenvalue weighted by atomic mass is 10.3. The molecule has 0 spiro atoms. The van der Waals surface area contributed by atoms with Gasteiger partial charge in [0.25, 0.3) is 5.56 Å². The summed E-state index contributed by atoms with van der Waals surface area (Å²) in [5.74, 6) is -0.165. The van der Waals surface area contributed by atoms with Crippen LogP contribution in [0.25, 0.3) is 16.2 Å². The Balaban J connectivity index is 2.31. The van der Waals surface area contributed by atoms with Gasteiger partial charge in [0.15, 0.2) is 0 Å². The summed E-state index contributed by atoms with van der Waals surface area (Å²) in [4.78, 5) is 14.7. The molecule has 0 saturated heterocycles. The summed E-state index contributed by atoms with van der Waals surface area (Å²) in [6, 6.07) is 6.68. The lowest BCUT2D eigenvalue weighted by Crippen LogP contribution is -2.06. The third kappa shape index (κ3) is 1.31. The highest BCUT2D eigenvalue weighted by atomic mass is 32.1. The van der Waals surface area contributed by atoms with Gasteiger partial charge in [-0.05, 0) is 11.4 Å². The van der Waals surface area contributed by atoms with E-state index in [9.17, 15) is 9.90 Å². The summed E-state index contributed by atoms with van der Waals surface area (Å²) in [5, 5.41) is 15.7. The molecule has 0 bridgehead atoms. The fourth-order valence-corrected chi connectivity index (χ4v) is 2.21. The van der Waals surface area contributed by atoms with Crippen LogP contribution in [0.15, 0.2) is 34.4 Å². The van der Waals surface area contributed by atoms with E-state index in [1.54, 1.807) is 17.4 Å². The monoisotopic (exact) mass is 233 g/mol. The molecule has 5 nitrogen and oxygen atoms in total. The molecule has 3 aromatic heterocycles. The quantitative estimate of drug-likeness (QED) is 0.668. The van der Waals surface area contributed by atoms with Crippen LogP contribution in [0.1, 0.15) is 0 Å². The molecule has 3 rings (SSSR count). The van der Waals surface area contributed by atoms with Crippen molar-refractivity contribution in [2.75, 3.05) is 0 Å². The van der Waals surface area contributed by atoms with Crippen LogP contribution < -0.4 is 5.56 Å². The Morgan fingerprint density at radius 1 is 1.44 bits per heavy atom. The first kappa shape index (κ1) is 9.17. The van der Waals surface area contributed by atoms with Gasteiger partial charge in [0.05, 0.1) is 10.9 Å². The van der Waals surface area contributed by atoms with Crippen molar-refractivity contribution in [2.24, 2.45) is 0 Å². The van der Waals surface area contributed by atoms with E-state index in [0.29, 0.717) is 5.65 Å². The molecule has 0 aliphatic carbocycles. The van der Waals surface area contributed by atoms with Gasteiger partial charge < -0.3 is 10.1 Å². The SMILES string of the molecule is O=c1cc(O)n2nc(-c3cccs3)cc2[nH]1. The number of hydrogen-bond acceptors (Lipinski definition) is 4. The van der Waals surface area contributed by atoms with Crippen molar-refractivity contribution >= 4 is 17.0 Å². The van der Waals surface area contributed by atoms with Gasteiger partial charge in [0.2, 0.25) is 5.88 Å². The number of nitrogens with one attached hydrogen (secondary N) is 1. The van der Waals surface area contributed by atoms with Gasteiger partial charge in [-0.15, -0.1) is 11.3 Å². The molecular formula is C10H7N3O2S. The zero-order chi connectivity index (χ0) is 11.1. The van der Waals surface area contributed by atoms with Crippen molar-refractivity contribution < 1.29 is 5.11 Å². The van der Waals surface area contributed by atoms with E-state index in [0.717, 1.165) is 16.6 Å². The van der Waals surface area contributed by atoms with Crippen molar-refractivity contribution in [3.63, 3.8) is 0 Å². The normalized spacial score (nSPS) is 11.0. The predicted molar refractivity (Wildman–Crippen MR) is 60.8 cm³/mol. The Hall–Kier alpha value is -2.08. The number of thiophene rings is 1. The molecule has 3 heterocycles. The number of aromatic amines is 1. The second-order valence-corrected chi connectivity index (χ2v) is 4.24. The molecule has 0 aromatic carbocycles. The Morgan fingerprint density at radius 2 is 2.31 bits per heavy atom. The van der Waals surface area contributed by atoms with E-state index >= 15 is 0 Å². The summed E-state index contributed by atoms with van der Waals surface area (Å²) in [6.07, 6.45) is 0. The Morgan fingerprint density at radius 3 is 3.06 bits per heavy atom. The average Bonchev–Trinajstić information content (AvgIpc) is 2.82. The van der Waals surface area contributed by atoms with Crippen molar-refractivity contribution in [3.8, 4) is 16.5 Å². The Labute approximate surface area is 93.6 Å². The molecule has 6 heteroatoms. The van der Waals surface area contributed by atoms with Crippen LogP contribution in [0.3, 0.4) is 0 Å². The zero-order valence-electron chi connectivity index (χ0n) is 8.04. The first-order valence-electron chi connectivity index (χ1n) is 4.60. The summed E-state index contributed by atoms with van der Waals surface area (Å²) < 4.78 is 1.30. The van der Waals surface area contributed by atoms with E-state index in [4.69, 9.17) is 0 Å². The van der Waals surface area contributed by atoms with E-state index in [1.165, 1.54) is 4.52 Å². The highest BCUT2D eigenvalue weighted by molar-refractivity contribution is 7.13. The maximum atomic E-state index is 11.1. The smallest absolute Gasteiger partial charge is 0.254 e. The second-order valence-electron chi connectivity index (χ2n) is 3.30. The minimum Gasteiger partial charge on any atom is -0.493 e. The summed E-state index contributed by atoms with van der Waals surface area (Å²) in [7, 11) is 0. The molecule has 0 radical (unpaired) electrons. The highest BCUT2D eigenvalue weighted by Gasteiger charge is 2.08. The third-order valence-corrected chi connectivity index (χ3v) is 3.10. The molecule has 0 unspecified atom stereocenters. The summed E-state index contributed by atoms with van der Waals surface area (Å²) in [6.45, 7) is 0. The number of hydrogen-bond donors (Lipinski definition) is 2. The molecule has 0 fully saturated rings. The fourth-order valence-electron chi connectivity index (χ4n) is 1.53. The zero-order valence-corrected chi connectivity index (χ0v) is 8.86. The molecule has 80 valence electrons. The van der Waals surface area contributed by atoms with Gasteiger partial charge in [-0.25, -0.2) is 0 Å². The first-order valence-corrected chi connectivity index (χ1v) is 5.48. The Bertz CT molecular complexity index is 696. The molecule has 0 amide bonds. The molecule has 0 aliphatic heterocycles. The van der Waals surface area contributed by atoms with Crippen molar-refractivity contribution in [3.05, 3.63) is 40.0 Å². The minimum absolute atomic E-state index is 0.165. The van der Waals surface area contributed by atoms with Crippen LogP contribution in [0.5, 0.6) is 5.88 Å². The molecule has 0 saturated carbocycles. The number of aromatic nitrogens is 3. The van der Waals surface area contributed by atoms with Crippen LogP contribution in [-0.4, -0.2) is 19.7 Å².